The van der Waals surface area contributed by atoms with E-state index < -0.39 is 0 Å². The second-order valence-electron chi connectivity index (χ2n) is 0. The average molecular weight is 200 g/mol. The Bertz CT molecular complexity index is 0. The topological polar surface area (TPSA) is 0 Å². The summed E-state index contributed by atoms with van der Waals surface area (Å²) in [5.74, 6) is 0. The lowest BCUT2D eigenvalue weighted by Gasteiger charge is -0.707. The van der Waals surface area contributed by atoms with Crippen molar-refractivity contribution in [1.29, 1.82) is 0 Å². The Hall–Kier alpha value is 1.84. The van der Waals surface area contributed by atoms with Crippen LogP contribution >= 0.6 is 54.0 Å². The van der Waals surface area contributed by atoms with Gasteiger partial charge in [0.2, 0.25) is 0 Å². The van der Waals surface area contributed by atoms with Gasteiger partial charge in [-0.15, -0.1) is 0 Å². The Labute approximate surface area is 75.9 Å². The van der Waals surface area contributed by atoms with Crippen LogP contribution in [0.5, 0.6) is 0 Å². The largest absolute Gasteiger partial charge is 0.197 e. The summed E-state index contributed by atoms with van der Waals surface area (Å²) in [4.78, 5) is 0. The van der Waals surface area contributed by atoms with Crippen molar-refractivity contribution in [1.82, 2.24) is 0 Å². The Kier molecular flexibility index (Phi) is 522. The Morgan fingerprint density at radius 3 is 0.500 bits per heavy atom. The molecule has 0 atom stereocenters. The summed E-state index contributed by atoms with van der Waals surface area (Å²) in [6, 6.07) is 0. The zero-order valence-electron chi connectivity index (χ0n) is 2.82. The first-order valence-corrected chi connectivity index (χ1v) is 1.50. The van der Waals surface area contributed by atoms with Crippen LogP contribution in [-0.2, 0) is 22.4 Å². The predicted molar refractivity (Wildman–Crippen MR) is 56.3 cm³/mol. The first kappa shape index (κ1) is 45.5. The molecule has 0 aliphatic rings. The van der Waals surface area contributed by atoms with E-state index in [9.17, 15) is 0 Å². The van der Waals surface area contributed by atoms with E-state index in [1.165, 1.54) is 0 Å². The second-order valence-corrected chi connectivity index (χ2v) is 0. The summed E-state index contributed by atoms with van der Waals surface area (Å²) >= 11 is 7.33. The molecule has 0 bridgehead atoms. The van der Waals surface area contributed by atoms with Gasteiger partial charge in [-0.25, -0.2) is 0 Å². The molecule has 0 N–H and O–H groups in total. The molecule has 0 aromatic carbocycles. The van der Waals surface area contributed by atoms with Gasteiger partial charge in [0.15, 0.2) is 0 Å². The normalized spacial score (nSPS) is 0.667. The van der Waals surface area contributed by atoms with Gasteiger partial charge >= 0.3 is 0 Å². The maximum atomic E-state index is 3.67. The van der Waals surface area contributed by atoms with Crippen LogP contribution in [0.15, 0.2) is 0 Å². The smallest absolute Gasteiger partial charge is 0 e. The maximum Gasteiger partial charge on any atom is 0 e. The molecule has 0 spiro atoms. The van der Waals surface area contributed by atoms with Gasteiger partial charge in [0.05, 0.1) is 0 Å². The molecule has 0 aromatic rings. The molecule has 0 amide bonds. The van der Waals surface area contributed by atoms with Crippen LogP contribution in [0, 0.1) is 0 Å². The van der Waals surface area contributed by atoms with Gasteiger partial charge in [0.1, 0.15) is 0 Å². The van der Waals surface area contributed by atoms with Crippen LogP contribution in [-0.4, -0.2) is 0 Å². The van der Waals surface area contributed by atoms with Crippen molar-refractivity contribution in [2.75, 3.05) is 0 Å². The highest BCUT2D eigenvalue weighted by molar-refractivity contribution is 8.07. The Balaban J connectivity index is -0.000000000833. The lowest BCUT2D eigenvalue weighted by molar-refractivity contribution is 6.66. The lowest BCUT2D eigenvalue weighted by atomic mass is 31.4. The first-order valence-electron chi connectivity index (χ1n) is 0.167. The van der Waals surface area contributed by atoms with E-state index in [1.807, 2.05) is 0 Å². The molecule has 0 unspecified atom stereocenters. The highest BCUT2D eigenvalue weighted by Crippen LogP contribution is 0.705. The van der Waals surface area contributed by atoms with Gasteiger partial charge in [0, 0.05) is 22.4 Å². The lowest BCUT2D eigenvalue weighted by Crippen LogP contribution is -0.710. The Morgan fingerprint density at radius 2 is 0.500 bits per heavy atom. The first-order chi connectivity index (χ1) is 1.00. The molecule has 0 fully saturated rings. The summed E-state index contributed by atoms with van der Waals surface area (Å²) in [7, 11) is 0. The van der Waals surface area contributed by atoms with Crippen LogP contribution in [0.1, 0.15) is 0 Å². The van der Waals surface area contributed by atoms with Gasteiger partial charge < -0.3 is 0 Å². The van der Waals surface area contributed by atoms with E-state index in [0.717, 1.165) is 0 Å². The summed E-state index contributed by atoms with van der Waals surface area (Å²) < 4.78 is 0. The molecule has 6 heavy (non-hydrogen) atoms. The zero-order valence-corrected chi connectivity index (χ0v) is 8.45. The summed E-state index contributed by atoms with van der Waals surface area (Å²) in [5.41, 5.74) is 0. The van der Waals surface area contributed by atoms with Crippen LogP contribution in [0.25, 0.3) is 0 Å². The van der Waals surface area contributed by atoms with E-state index in [4.69, 9.17) is 0 Å². The van der Waals surface area contributed by atoms with E-state index in [2.05, 4.69) is 22.4 Å². The molecule has 0 aliphatic carbocycles. The summed E-state index contributed by atoms with van der Waals surface area (Å²) in [6.45, 7) is 0. The van der Waals surface area contributed by atoms with Crippen molar-refractivity contribution in [3.63, 3.8) is 0 Å². The molecule has 0 saturated carbocycles. The molecular formula is H8S6. The molecule has 0 rings (SSSR count). The minimum absolute atomic E-state index is 0. The van der Waals surface area contributed by atoms with Gasteiger partial charge in [-0.1, -0.05) is 0 Å². The molecule has 0 nitrogen and oxygen atoms in total. The van der Waals surface area contributed by atoms with E-state index in [-0.39, 0.29) is 54.0 Å². The quantitative estimate of drug-likeness (QED) is 0.557. The van der Waals surface area contributed by atoms with Crippen molar-refractivity contribution in [2.24, 2.45) is 0 Å². The third-order valence-corrected chi connectivity index (χ3v) is 0. The standard InChI is InChI=1S/S2.4H2S/c1-2;;;;/h;4*1H2. The molecule has 44 valence electrons. The summed E-state index contributed by atoms with van der Waals surface area (Å²) in [5, 5.41) is 0. The molecule has 0 radical (unpaired) electrons. The fourth-order valence-electron chi connectivity index (χ4n) is 0. The molecule has 0 saturated heterocycles. The second kappa shape index (κ2) is 68.9. The number of hydrogen-bond acceptors (Lipinski definition) is 2. The van der Waals surface area contributed by atoms with Crippen molar-refractivity contribution in [3.05, 3.63) is 0 Å². The Morgan fingerprint density at radius 1 is 0.500 bits per heavy atom. The van der Waals surface area contributed by atoms with Crippen LogP contribution < -0.4 is 0 Å². The van der Waals surface area contributed by atoms with Gasteiger partial charge in [-0.05, 0) is 0 Å². The number of rotatable bonds is 0. The minimum atomic E-state index is 0. The third-order valence-electron chi connectivity index (χ3n) is 0. The highest BCUT2D eigenvalue weighted by atomic mass is 32.8. The molecule has 0 heterocycles. The predicted octanol–water partition coefficient (Wildman–Crippen LogP) is 0.446. The van der Waals surface area contributed by atoms with Gasteiger partial charge in [0.25, 0.3) is 0 Å². The van der Waals surface area contributed by atoms with E-state index in [1.54, 1.807) is 0 Å². The monoisotopic (exact) mass is 200 g/mol. The average Bonchev–Trinajstić information content (AvgIpc) is 1.00. The van der Waals surface area contributed by atoms with E-state index in [0.29, 0.717) is 0 Å². The van der Waals surface area contributed by atoms with Gasteiger partial charge in [-0.3, -0.25) is 0 Å². The molecule has 0 aromatic heterocycles. The third kappa shape index (κ3) is 40.4. The van der Waals surface area contributed by atoms with E-state index >= 15 is 0 Å². The maximum absolute atomic E-state index is 3.67. The van der Waals surface area contributed by atoms with Crippen LogP contribution in [0.2, 0.25) is 0 Å². The van der Waals surface area contributed by atoms with Crippen molar-refractivity contribution in [2.45, 2.75) is 0 Å². The van der Waals surface area contributed by atoms with Crippen molar-refractivity contribution < 1.29 is 0 Å². The van der Waals surface area contributed by atoms with Crippen LogP contribution in [0.4, 0.5) is 0 Å². The van der Waals surface area contributed by atoms with Gasteiger partial charge in [-0.2, -0.15) is 54.0 Å². The van der Waals surface area contributed by atoms with Crippen LogP contribution in [0.3, 0.4) is 0 Å². The highest BCUT2D eigenvalue weighted by Gasteiger charge is 0.707. The SMILES string of the molecule is S.S.S.S.S=S. The molecular weight excluding hydrogens is 192 g/mol. The minimum Gasteiger partial charge on any atom is -0.197 e. The zero-order chi connectivity index (χ0) is 2.00. The number of hydrogen-bond donors (Lipinski definition) is 0. The van der Waals surface area contributed by atoms with Crippen molar-refractivity contribution in [3.8, 4) is 0 Å². The molecule has 6 heteroatoms. The summed E-state index contributed by atoms with van der Waals surface area (Å²) in [6.07, 6.45) is 0. The fraction of sp³-hybridized carbons (Fsp3) is 0. The fourth-order valence-corrected chi connectivity index (χ4v) is 0. The molecule has 0 aliphatic heterocycles. The van der Waals surface area contributed by atoms with Crippen molar-refractivity contribution >= 4 is 76.4 Å².